The molecule has 3 rings (SSSR count). The highest BCUT2D eigenvalue weighted by Crippen LogP contribution is 2.24. The third-order valence-corrected chi connectivity index (χ3v) is 7.78. The summed E-state index contributed by atoms with van der Waals surface area (Å²) in [4.78, 5) is 17.0. The van der Waals surface area contributed by atoms with E-state index in [0.717, 1.165) is 11.4 Å². The number of ether oxygens (including phenoxy) is 1. The average Bonchev–Trinajstić information content (AvgIpc) is 3.27. The maximum absolute atomic E-state index is 12.6. The summed E-state index contributed by atoms with van der Waals surface area (Å²) in [5.41, 5.74) is 1.42. The molecule has 0 aliphatic heterocycles. The zero-order valence-corrected chi connectivity index (χ0v) is 19.8. The number of nitrogens with one attached hydrogen (secondary N) is 1. The Labute approximate surface area is 192 Å². The lowest BCUT2D eigenvalue weighted by atomic mass is 10.3. The lowest BCUT2D eigenvalue weighted by Gasteiger charge is -2.18. The van der Waals surface area contributed by atoms with Crippen LogP contribution in [0.25, 0.3) is 5.69 Å². The first kappa shape index (κ1) is 23.8. The van der Waals surface area contributed by atoms with Crippen LogP contribution in [-0.4, -0.2) is 54.1 Å². The van der Waals surface area contributed by atoms with Gasteiger partial charge in [0, 0.05) is 37.2 Å². The Morgan fingerprint density at radius 1 is 1.16 bits per heavy atom. The number of carbonyl (C=O) groups is 1. The second-order valence-corrected chi connectivity index (χ2v) is 9.61. The summed E-state index contributed by atoms with van der Waals surface area (Å²) in [6, 6.07) is 13.8. The van der Waals surface area contributed by atoms with E-state index in [1.54, 1.807) is 39.3 Å². The van der Waals surface area contributed by atoms with E-state index in [9.17, 15) is 13.2 Å². The molecule has 0 aliphatic rings. The molecule has 0 atom stereocenters. The standard InChI is InChI=1S/C22H26N4O4S2/c1-4-25(5-2)32(28,29)20-11-9-17(10-12-20)24-21(27)16-31-22-23-13-14-26(22)18-7-6-8-19(15-18)30-3/h6-15H,4-5,16H2,1-3H3,(H,24,27). The summed E-state index contributed by atoms with van der Waals surface area (Å²) in [7, 11) is -1.92. The summed E-state index contributed by atoms with van der Waals surface area (Å²) in [6.45, 7) is 4.40. The Balaban J connectivity index is 1.62. The molecule has 2 aromatic carbocycles. The first-order valence-corrected chi connectivity index (χ1v) is 12.5. The highest BCUT2D eigenvalue weighted by Gasteiger charge is 2.21. The predicted molar refractivity (Wildman–Crippen MR) is 126 cm³/mol. The van der Waals surface area contributed by atoms with E-state index in [1.165, 1.54) is 28.2 Å². The summed E-state index contributed by atoms with van der Waals surface area (Å²) in [6.07, 6.45) is 3.50. The first-order chi connectivity index (χ1) is 15.4. The second-order valence-electron chi connectivity index (χ2n) is 6.73. The zero-order chi connectivity index (χ0) is 23.1. The van der Waals surface area contributed by atoms with Crippen LogP contribution < -0.4 is 10.1 Å². The number of nitrogens with zero attached hydrogens (tertiary/aromatic N) is 3. The lowest BCUT2D eigenvalue weighted by Crippen LogP contribution is -2.30. The largest absolute Gasteiger partial charge is 0.497 e. The maximum Gasteiger partial charge on any atom is 0.243 e. The summed E-state index contributed by atoms with van der Waals surface area (Å²) in [5.74, 6) is 0.673. The van der Waals surface area contributed by atoms with Gasteiger partial charge in [0.25, 0.3) is 0 Å². The molecule has 0 aliphatic carbocycles. The fourth-order valence-corrected chi connectivity index (χ4v) is 5.33. The molecule has 0 fully saturated rings. The molecule has 170 valence electrons. The number of thioether (sulfide) groups is 1. The van der Waals surface area contributed by atoms with Crippen molar-refractivity contribution in [3.63, 3.8) is 0 Å². The van der Waals surface area contributed by atoms with Gasteiger partial charge in [-0.25, -0.2) is 13.4 Å². The molecule has 32 heavy (non-hydrogen) atoms. The summed E-state index contributed by atoms with van der Waals surface area (Å²) in [5, 5.41) is 3.47. The molecule has 0 saturated carbocycles. The van der Waals surface area contributed by atoms with E-state index >= 15 is 0 Å². The SMILES string of the molecule is CCN(CC)S(=O)(=O)c1ccc(NC(=O)CSc2nccn2-c2cccc(OC)c2)cc1. The van der Waals surface area contributed by atoms with Crippen LogP contribution in [0.1, 0.15) is 13.8 Å². The van der Waals surface area contributed by atoms with Crippen molar-refractivity contribution in [2.24, 2.45) is 0 Å². The zero-order valence-electron chi connectivity index (χ0n) is 18.2. The highest BCUT2D eigenvalue weighted by atomic mass is 32.2. The molecule has 0 unspecified atom stereocenters. The van der Waals surface area contributed by atoms with Crippen molar-refractivity contribution in [2.75, 3.05) is 31.3 Å². The lowest BCUT2D eigenvalue weighted by molar-refractivity contribution is -0.113. The van der Waals surface area contributed by atoms with E-state index in [2.05, 4.69) is 10.3 Å². The molecule has 1 aromatic heterocycles. The van der Waals surface area contributed by atoms with Gasteiger partial charge in [0.15, 0.2) is 5.16 Å². The van der Waals surface area contributed by atoms with Crippen molar-refractivity contribution < 1.29 is 17.9 Å². The molecular weight excluding hydrogens is 448 g/mol. The Morgan fingerprint density at radius 2 is 1.88 bits per heavy atom. The second kappa shape index (κ2) is 10.7. The Morgan fingerprint density at radius 3 is 2.53 bits per heavy atom. The van der Waals surface area contributed by atoms with Gasteiger partial charge >= 0.3 is 0 Å². The molecule has 10 heteroatoms. The fourth-order valence-electron chi connectivity index (χ4n) is 3.10. The van der Waals surface area contributed by atoms with Crippen molar-refractivity contribution in [1.82, 2.24) is 13.9 Å². The quantitative estimate of drug-likeness (QED) is 0.451. The van der Waals surface area contributed by atoms with Crippen LogP contribution in [0, 0.1) is 0 Å². The van der Waals surface area contributed by atoms with Crippen molar-refractivity contribution in [3.8, 4) is 11.4 Å². The fraction of sp³-hybridized carbons (Fsp3) is 0.273. The minimum Gasteiger partial charge on any atom is -0.497 e. The van der Waals surface area contributed by atoms with E-state index in [0.29, 0.717) is 23.9 Å². The first-order valence-electron chi connectivity index (χ1n) is 10.1. The molecule has 0 radical (unpaired) electrons. The Bertz CT molecular complexity index is 1160. The molecule has 1 N–H and O–H groups in total. The number of methoxy groups -OCH3 is 1. The van der Waals surface area contributed by atoms with Gasteiger partial charge in [0.05, 0.1) is 23.4 Å². The van der Waals surface area contributed by atoms with E-state index in [-0.39, 0.29) is 16.6 Å². The number of imidazole rings is 1. The van der Waals surface area contributed by atoms with Gasteiger partial charge in [0.1, 0.15) is 5.75 Å². The molecule has 0 saturated heterocycles. The van der Waals surface area contributed by atoms with Crippen molar-refractivity contribution in [2.45, 2.75) is 23.9 Å². The third kappa shape index (κ3) is 5.50. The number of carbonyl (C=O) groups excluding carboxylic acids is 1. The van der Waals surface area contributed by atoms with Crippen LogP contribution in [0.3, 0.4) is 0 Å². The molecule has 1 amide bonds. The van der Waals surface area contributed by atoms with Crippen LogP contribution in [0.2, 0.25) is 0 Å². The monoisotopic (exact) mass is 474 g/mol. The van der Waals surface area contributed by atoms with Gasteiger partial charge in [-0.05, 0) is 36.4 Å². The molecule has 8 nitrogen and oxygen atoms in total. The minimum absolute atomic E-state index is 0.153. The van der Waals surface area contributed by atoms with Gasteiger partial charge in [-0.3, -0.25) is 9.36 Å². The number of hydrogen-bond donors (Lipinski definition) is 1. The van der Waals surface area contributed by atoms with Crippen molar-refractivity contribution in [3.05, 3.63) is 60.9 Å². The van der Waals surface area contributed by atoms with E-state index in [4.69, 9.17) is 4.74 Å². The summed E-state index contributed by atoms with van der Waals surface area (Å²) >= 11 is 1.30. The Kier molecular flexibility index (Phi) is 7.94. The number of aromatic nitrogens is 2. The number of amides is 1. The van der Waals surface area contributed by atoms with Gasteiger partial charge in [0.2, 0.25) is 15.9 Å². The maximum atomic E-state index is 12.6. The van der Waals surface area contributed by atoms with Crippen molar-refractivity contribution in [1.29, 1.82) is 0 Å². The normalized spacial score (nSPS) is 11.5. The summed E-state index contributed by atoms with van der Waals surface area (Å²) < 4.78 is 33.7. The predicted octanol–water partition coefficient (Wildman–Crippen LogP) is 3.64. The molecule has 0 spiro atoms. The molecule has 1 heterocycles. The van der Waals surface area contributed by atoms with Crippen LogP contribution in [0.15, 0.2) is 71.0 Å². The van der Waals surface area contributed by atoms with Gasteiger partial charge in [-0.15, -0.1) is 0 Å². The van der Waals surface area contributed by atoms with E-state index in [1.807, 2.05) is 35.0 Å². The highest BCUT2D eigenvalue weighted by molar-refractivity contribution is 7.99. The Hall–Kier alpha value is -2.82. The topological polar surface area (TPSA) is 93.5 Å². The van der Waals surface area contributed by atoms with Crippen LogP contribution in [0.4, 0.5) is 5.69 Å². The molecule has 3 aromatic rings. The number of rotatable bonds is 10. The van der Waals surface area contributed by atoms with Crippen molar-refractivity contribution >= 4 is 33.4 Å². The molecular formula is C22H26N4O4S2. The van der Waals surface area contributed by atoms with Crippen LogP contribution in [0.5, 0.6) is 5.75 Å². The van der Waals surface area contributed by atoms with Crippen LogP contribution >= 0.6 is 11.8 Å². The van der Waals surface area contributed by atoms with Gasteiger partial charge in [-0.1, -0.05) is 31.7 Å². The average molecular weight is 475 g/mol. The van der Waals surface area contributed by atoms with Gasteiger partial charge < -0.3 is 10.1 Å². The van der Waals surface area contributed by atoms with Gasteiger partial charge in [-0.2, -0.15) is 4.31 Å². The third-order valence-electron chi connectivity index (χ3n) is 4.75. The number of sulfonamides is 1. The van der Waals surface area contributed by atoms with Crippen LogP contribution in [-0.2, 0) is 14.8 Å². The number of benzene rings is 2. The number of anilines is 1. The molecule has 0 bridgehead atoms. The number of hydrogen-bond acceptors (Lipinski definition) is 6. The smallest absolute Gasteiger partial charge is 0.243 e. The van der Waals surface area contributed by atoms with E-state index < -0.39 is 10.0 Å². The minimum atomic E-state index is -3.53.